The smallest absolute Gasteiger partial charge is 0.337 e. The van der Waals surface area contributed by atoms with Crippen LogP contribution in [-0.2, 0) is 26.4 Å². The Morgan fingerprint density at radius 1 is 1.25 bits per heavy atom. The topological polar surface area (TPSA) is 44.8 Å². The van der Waals surface area contributed by atoms with Crippen molar-refractivity contribution in [1.29, 1.82) is 0 Å². The first-order valence-electron chi connectivity index (χ1n) is 4.99. The highest BCUT2D eigenvalue weighted by Crippen LogP contribution is 2.42. The molecule has 0 aromatic heterocycles. The molecule has 4 heteroatoms. The highest BCUT2D eigenvalue weighted by molar-refractivity contribution is 5.89. The van der Waals surface area contributed by atoms with E-state index in [4.69, 9.17) is 9.47 Å². The quantitative estimate of drug-likeness (QED) is 0.574. The number of hydrogen-bond donors (Lipinski definition) is 0. The molecule has 0 saturated heterocycles. The standard InChI is InChI=1S/C12H14O4/c1-14-11(13)8-4-5-10-9(6-8)7-12(10,15-2)16-3/h4-6H,7H2,1-3H3. The van der Waals surface area contributed by atoms with Crippen molar-refractivity contribution in [2.24, 2.45) is 0 Å². The number of rotatable bonds is 3. The molecule has 1 aliphatic carbocycles. The summed E-state index contributed by atoms with van der Waals surface area (Å²) in [7, 11) is 4.59. The van der Waals surface area contributed by atoms with Crippen molar-refractivity contribution in [2.75, 3.05) is 21.3 Å². The fraction of sp³-hybridized carbons (Fsp3) is 0.417. The van der Waals surface area contributed by atoms with Crippen molar-refractivity contribution >= 4 is 5.97 Å². The van der Waals surface area contributed by atoms with Gasteiger partial charge in [-0.1, -0.05) is 6.07 Å². The van der Waals surface area contributed by atoms with E-state index in [1.807, 2.05) is 12.1 Å². The minimum atomic E-state index is -0.635. The van der Waals surface area contributed by atoms with Crippen LogP contribution in [0.1, 0.15) is 21.5 Å². The summed E-state index contributed by atoms with van der Waals surface area (Å²) < 4.78 is 15.3. The Morgan fingerprint density at radius 3 is 2.44 bits per heavy atom. The van der Waals surface area contributed by atoms with Gasteiger partial charge in [0.15, 0.2) is 5.79 Å². The number of hydrogen-bond acceptors (Lipinski definition) is 4. The molecule has 86 valence electrons. The summed E-state index contributed by atoms with van der Waals surface area (Å²) >= 11 is 0. The Kier molecular flexibility index (Phi) is 2.69. The zero-order chi connectivity index (χ0) is 11.8. The van der Waals surface area contributed by atoms with E-state index in [1.165, 1.54) is 7.11 Å². The highest BCUT2D eigenvalue weighted by Gasteiger charge is 2.43. The molecule has 0 atom stereocenters. The first-order valence-corrected chi connectivity index (χ1v) is 4.99. The van der Waals surface area contributed by atoms with E-state index in [-0.39, 0.29) is 5.97 Å². The Balaban J connectivity index is 2.33. The molecule has 0 radical (unpaired) electrons. The van der Waals surface area contributed by atoms with Crippen LogP contribution in [0.4, 0.5) is 0 Å². The van der Waals surface area contributed by atoms with Gasteiger partial charge in [0.1, 0.15) is 0 Å². The lowest BCUT2D eigenvalue weighted by Gasteiger charge is -2.41. The molecule has 0 bridgehead atoms. The molecule has 0 N–H and O–H groups in total. The molecule has 1 aliphatic rings. The summed E-state index contributed by atoms with van der Waals surface area (Å²) in [6.07, 6.45) is 0.653. The molecule has 0 unspecified atom stereocenters. The van der Waals surface area contributed by atoms with E-state index < -0.39 is 5.79 Å². The lowest BCUT2D eigenvalue weighted by Crippen LogP contribution is -2.42. The van der Waals surface area contributed by atoms with Crippen molar-refractivity contribution in [3.05, 3.63) is 34.9 Å². The van der Waals surface area contributed by atoms with Crippen LogP contribution >= 0.6 is 0 Å². The molecular weight excluding hydrogens is 208 g/mol. The van der Waals surface area contributed by atoms with Gasteiger partial charge in [-0.3, -0.25) is 0 Å². The second kappa shape index (κ2) is 3.88. The third-order valence-corrected chi connectivity index (χ3v) is 3.02. The maximum absolute atomic E-state index is 11.3. The Bertz CT molecular complexity index is 421. The van der Waals surface area contributed by atoms with E-state index in [0.717, 1.165) is 11.1 Å². The summed E-state index contributed by atoms with van der Waals surface area (Å²) in [6, 6.07) is 5.38. The van der Waals surface area contributed by atoms with E-state index in [2.05, 4.69) is 4.74 Å². The first kappa shape index (κ1) is 11.1. The van der Waals surface area contributed by atoms with E-state index in [0.29, 0.717) is 12.0 Å². The summed E-state index contributed by atoms with van der Waals surface area (Å²) in [5.41, 5.74) is 2.60. The Hall–Kier alpha value is -1.39. The zero-order valence-electron chi connectivity index (χ0n) is 9.57. The molecule has 2 rings (SSSR count). The normalized spacial score (nSPS) is 16.2. The number of methoxy groups -OCH3 is 3. The van der Waals surface area contributed by atoms with Crippen LogP contribution in [0.2, 0.25) is 0 Å². The molecule has 0 spiro atoms. The SMILES string of the molecule is COC(=O)c1ccc2c(c1)CC2(OC)OC. The fourth-order valence-electron chi connectivity index (χ4n) is 2.04. The average Bonchev–Trinajstić information content (AvgIpc) is 2.30. The van der Waals surface area contributed by atoms with Gasteiger partial charge in [0.05, 0.1) is 12.7 Å². The second-order valence-corrected chi connectivity index (χ2v) is 3.70. The van der Waals surface area contributed by atoms with Gasteiger partial charge < -0.3 is 14.2 Å². The van der Waals surface area contributed by atoms with Crippen molar-refractivity contribution in [1.82, 2.24) is 0 Å². The van der Waals surface area contributed by atoms with Gasteiger partial charge in [0, 0.05) is 26.2 Å². The molecule has 16 heavy (non-hydrogen) atoms. The maximum atomic E-state index is 11.3. The number of fused-ring (bicyclic) bond motifs is 1. The lowest BCUT2D eigenvalue weighted by atomic mass is 9.80. The molecule has 0 fully saturated rings. The number of carbonyl (C=O) groups is 1. The van der Waals surface area contributed by atoms with Crippen LogP contribution in [0.3, 0.4) is 0 Å². The number of ether oxygens (including phenoxy) is 3. The van der Waals surface area contributed by atoms with Gasteiger partial charge in [0.2, 0.25) is 0 Å². The van der Waals surface area contributed by atoms with E-state index >= 15 is 0 Å². The lowest BCUT2D eigenvalue weighted by molar-refractivity contribution is -0.230. The third-order valence-electron chi connectivity index (χ3n) is 3.02. The molecule has 4 nitrogen and oxygen atoms in total. The summed E-state index contributed by atoms with van der Waals surface area (Å²) in [5.74, 6) is -0.959. The molecule has 0 heterocycles. The Labute approximate surface area is 94.1 Å². The fourth-order valence-corrected chi connectivity index (χ4v) is 2.04. The van der Waals surface area contributed by atoms with Gasteiger partial charge in [-0.25, -0.2) is 4.79 Å². The van der Waals surface area contributed by atoms with Gasteiger partial charge >= 0.3 is 5.97 Å². The number of esters is 1. The zero-order valence-corrected chi connectivity index (χ0v) is 9.57. The van der Waals surface area contributed by atoms with Crippen LogP contribution in [-0.4, -0.2) is 27.3 Å². The second-order valence-electron chi connectivity index (χ2n) is 3.70. The van der Waals surface area contributed by atoms with Crippen molar-refractivity contribution in [3.8, 4) is 0 Å². The average molecular weight is 222 g/mol. The predicted octanol–water partition coefficient (Wildman–Crippen LogP) is 1.47. The third kappa shape index (κ3) is 1.42. The Morgan fingerprint density at radius 2 is 1.94 bits per heavy atom. The maximum Gasteiger partial charge on any atom is 0.337 e. The van der Waals surface area contributed by atoms with E-state index in [1.54, 1.807) is 20.3 Å². The van der Waals surface area contributed by atoms with Crippen molar-refractivity contribution < 1.29 is 19.0 Å². The minimum Gasteiger partial charge on any atom is -0.465 e. The van der Waals surface area contributed by atoms with Gasteiger partial charge in [-0.15, -0.1) is 0 Å². The predicted molar refractivity (Wildman–Crippen MR) is 57.2 cm³/mol. The van der Waals surface area contributed by atoms with Crippen LogP contribution in [0.25, 0.3) is 0 Å². The molecule has 1 aromatic rings. The summed E-state index contributed by atoms with van der Waals surface area (Å²) in [5, 5.41) is 0. The first-order chi connectivity index (χ1) is 7.66. The van der Waals surface area contributed by atoms with Crippen molar-refractivity contribution in [2.45, 2.75) is 12.2 Å². The van der Waals surface area contributed by atoms with Crippen LogP contribution in [0.5, 0.6) is 0 Å². The van der Waals surface area contributed by atoms with Crippen LogP contribution in [0, 0.1) is 0 Å². The summed E-state index contributed by atoms with van der Waals surface area (Å²) in [4.78, 5) is 11.3. The number of carbonyl (C=O) groups excluding carboxylic acids is 1. The van der Waals surface area contributed by atoms with Crippen LogP contribution in [0.15, 0.2) is 18.2 Å². The monoisotopic (exact) mass is 222 g/mol. The highest BCUT2D eigenvalue weighted by atomic mass is 16.7. The van der Waals surface area contributed by atoms with Gasteiger partial charge in [-0.05, 0) is 17.7 Å². The van der Waals surface area contributed by atoms with Gasteiger partial charge in [0.25, 0.3) is 0 Å². The molecule has 0 aliphatic heterocycles. The van der Waals surface area contributed by atoms with Crippen molar-refractivity contribution in [3.63, 3.8) is 0 Å². The number of benzene rings is 1. The minimum absolute atomic E-state index is 0.324. The molecule has 1 aromatic carbocycles. The van der Waals surface area contributed by atoms with Crippen LogP contribution < -0.4 is 0 Å². The molecule has 0 saturated carbocycles. The van der Waals surface area contributed by atoms with E-state index in [9.17, 15) is 4.79 Å². The largest absolute Gasteiger partial charge is 0.465 e. The molecular formula is C12H14O4. The molecule has 0 amide bonds. The summed E-state index contributed by atoms with van der Waals surface area (Å²) in [6.45, 7) is 0. The van der Waals surface area contributed by atoms with Gasteiger partial charge in [-0.2, -0.15) is 0 Å².